The molecule has 130 valence electrons. The topological polar surface area (TPSA) is 85.7 Å². The molecule has 0 saturated carbocycles. The Morgan fingerprint density at radius 1 is 1.27 bits per heavy atom. The number of thiazole rings is 1. The molecule has 0 amide bonds. The van der Waals surface area contributed by atoms with Gasteiger partial charge in [-0.2, -0.15) is 5.10 Å². The summed E-state index contributed by atoms with van der Waals surface area (Å²) >= 11 is 1.44. The molecular weight excluding hydrogens is 350 g/mol. The fraction of sp³-hybridized carbons (Fsp3) is 0.0556. The van der Waals surface area contributed by atoms with Crippen molar-refractivity contribution in [1.82, 2.24) is 9.66 Å². The van der Waals surface area contributed by atoms with E-state index in [2.05, 4.69) is 21.7 Å². The van der Waals surface area contributed by atoms with E-state index in [1.807, 2.05) is 23.6 Å². The number of hydrogen-bond acceptors (Lipinski definition) is 6. The zero-order valence-electron chi connectivity index (χ0n) is 13.7. The third-order valence-electron chi connectivity index (χ3n) is 3.41. The average Bonchev–Trinajstić information content (AvgIpc) is 3.08. The minimum Gasteiger partial charge on any atom is -0.258 e. The van der Waals surface area contributed by atoms with E-state index in [-0.39, 0.29) is 5.69 Å². The van der Waals surface area contributed by atoms with E-state index in [1.54, 1.807) is 35.3 Å². The Kier molecular flexibility index (Phi) is 5.45. The van der Waals surface area contributed by atoms with Gasteiger partial charge in [-0.05, 0) is 24.3 Å². The standard InChI is InChI=1S/C18H15N5O2S/c1-2-10-20-18-22(21-12-15-5-3-4-11-19-15)17(13-26-18)14-6-8-16(9-7-14)23(24)25/h2-9,11-13H,1,10H2. The molecule has 2 aromatic heterocycles. The molecule has 3 rings (SSSR count). The van der Waals surface area contributed by atoms with Gasteiger partial charge in [0.05, 0.1) is 29.1 Å². The second-order valence-corrected chi connectivity index (χ2v) is 5.98. The van der Waals surface area contributed by atoms with E-state index in [4.69, 9.17) is 0 Å². The van der Waals surface area contributed by atoms with Crippen molar-refractivity contribution in [3.8, 4) is 11.3 Å². The van der Waals surface area contributed by atoms with Crippen LogP contribution in [0.4, 0.5) is 5.69 Å². The minimum atomic E-state index is -0.421. The van der Waals surface area contributed by atoms with Crippen molar-refractivity contribution >= 4 is 23.2 Å². The Hall–Kier alpha value is -3.39. The Labute approximate surface area is 153 Å². The van der Waals surface area contributed by atoms with Gasteiger partial charge in [0, 0.05) is 29.3 Å². The van der Waals surface area contributed by atoms with Gasteiger partial charge in [0.25, 0.3) is 5.69 Å². The highest BCUT2D eigenvalue weighted by Gasteiger charge is 2.10. The molecule has 0 aliphatic carbocycles. The van der Waals surface area contributed by atoms with Crippen LogP contribution < -0.4 is 4.80 Å². The molecular formula is C18H15N5O2S. The van der Waals surface area contributed by atoms with Gasteiger partial charge in [0.15, 0.2) is 0 Å². The second-order valence-electron chi connectivity index (χ2n) is 5.15. The number of benzene rings is 1. The summed E-state index contributed by atoms with van der Waals surface area (Å²) in [7, 11) is 0. The monoisotopic (exact) mass is 365 g/mol. The largest absolute Gasteiger partial charge is 0.269 e. The lowest BCUT2D eigenvalue weighted by Crippen LogP contribution is -2.12. The third kappa shape index (κ3) is 3.98. The smallest absolute Gasteiger partial charge is 0.258 e. The lowest BCUT2D eigenvalue weighted by atomic mass is 10.1. The quantitative estimate of drug-likeness (QED) is 0.290. The van der Waals surface area contributed by atoms with E-state index in [9.17, 15) is 10.1 Å². The molecule has 3 aromatic rings. The van der Waals surface area contributed by atoms with Gasteiger partial charge in [0.1, 0.15) is 0 Å². The summed E-state index contributed by atoms with van der Waals surface area (Å²) in [6.07, 6.45) is 5.05. The molecule has 7 nitrogen and oxygen atoms in total. The fourth-order valence-corrected chi connectivity index (χ4v) is 3.03. The Morgan fingerprint density at radius 2 is 2.08 bits per heavy atom. The van der Waals surface area contributed by atoms with Crippen molar-refractivity contribution in [2.24, 2.45) is 10.1 Å². The predicted molar refractivity (Wildman–Crippen MR) is 102 cm³/mol. The van der Waals surface area contributed by atoms with Crippen LogP contribution in [-0.4, -0.2) is 27.3 Å². The van der Waals surface area contributed by atoms with Crippen LogP contribution in [0.25, 0.3) is 11.3 Å². The van der Waals surface area contributed by atoms with Crippen LogP contribution in [0.2, 0.25) is 0 Å². The first-order valence-corrected chi connectivity index (χ1v) is 8.59. The van der Waals surface area contributed by atoms with Crippen molar-refractivity contribution < 1.29 is 4.92 Å². The first-order valence-electron chi connectivity index (χ1n) is 7.71. The lowest BCUT2D eigenvalue weighted by molar-refractivity contribution is -0.384. The normalized spacial score (nSPS) is 11.8. The zero-order chi connectivity index (χ0) is 18.4. The van der Waals surface area contributed by atoms with Crippen molar-refractivity contribution in [3.05, 3.63) is 87.3 Å². The molecule has 0 saturated heterocycles. The van der Waals surface area contributed by atoms with Crippen LogP contribution in [0.5, 0.6) is 0 Å². The van der Waals surface area contributed by atoms with Crippen LogP contribution in [0.3, 0.4) is 0 Å². The number of non-ortho nitro benzene ring substituents is 1. The Bertz CT molecular complexity index is 1000. The van der Waals surface area contributed by atoms with Gasteiger partial charge >= 0.3 is 0 Å². The summed E-state index contributed by atoms with van der Waals surface area (Å²) in [5.74, 6) is 0. The van der Waals surface area contributed by atoms with E-state index in [0.29, 0.717) is 11.3 Å². The summed E-state index contributed by atoms with van der Waals surface area (Å²) in [6.45, 7) is 4.15. The summed E-state index contributed by atoms with van der Waals surface area (Å²) in [4.78, 5) is 19.8. The van der Waals surface area contributed by atoms with Gasteiger partial charge in [-0.25, -0.2) is 4.68 Å². The van der Waals surface area contributed by atoms with Crippen LogP contribution >= 0.6 is 11.3 Å². The van der Waals surface area contributed by atoms with Crippen molar-refractivity contribution in [2.75, 3.05) is 6.54 Å². The van der Waals surface area contributed by atoms with Crippen molar-refractivity contribution in [3.63, 3.8) is 0 Å². The van der Waals surface area contributed by atoms with Gasteiger partial charge in [-0.3, -0.25) is 20.1 Å². The number of nitro benzene ring substituents is 1. The van der Waals surface area contributed by atoms with Crippen molar-refractivity contribution in [1.29, 1.82) is 0 Å². The maximum absolute atomic E-state index is 10.8. The fourth-order valence-electron chi connectivity index (χ4n) is 2.18. The highest BCUT2D eigenvalue weighted by Crippen LogP contribution is 2.23. The van der Waals surface area contributed by atoms with Crippen LogP contribution in [0.15, 0.2) is 76.8 Å². The van der Waals surface area contributed by atoms with Crippen LogP contribution in [-0.2, 0) is 0 Å². The number of rotatable bonds is 6. The summed E-state index contributed by atoms with van der Waals surface area (Å²) in [5, 5.41) is 17.3. The molecule has 0 spiro atoms. The highest BCUT2D eigenvalue weighted by molar-refractivity contribution is 7.07. The Morgan fingerprint density at radius 3 is 2.73 bits per heavy atom. The average molecular weight is 365 g/mol. The summed E-state index contributed by atoms with van der Waals surface area (Å²) in [6, 6.07) is 11.9. The molecule has 0 aliphatic heterocycles. The molecule has 26 heavy (non-hydrogen) atoms. The second kappa shape index (κ2) is 8.13. The molecule has 0 radical (unpaired) electrons. The van der Waals surface area contributed by atoms with Crippen LogP contribution in [0.1, 0.15) is 5.69 Å². The van der Waals surface area contributed by atoms with Crippen molar-refractivity contribution in [2.45, 2.75) is 0 Å². The highest BCUT2D eigenvalue weighted by atomic mass is 32.1. The number of aromatic nitrogens is 2. The third-order valence-corrected chi connectivity index (χ3v) is 4.26. The molecule has 2 heterocycles. The van der Waals surface area contributed by atoms with E-state index in [1.165, 1.54) is 23.5 Å². The molecule has 0 bridgehead atoms. The van der Waals surface area contributed by atoms with E-state index >= 15 is 0 Å². The number of nitro groups is 1. The maximum Gasteiger partial charge on any atom is 0.269 e. The summed E-state index contributed by atoms with van der Waals surface area (Å²) in [5.41, 5.74) is 2.37. The van der Waals surface area contributed by atoms with Gasteiger partial charge in [-0.15, -0.1) is 17.9 Å². The van der Waals surface area contributed by atoms with E-state index in [0.717, 1.165) is 17.0 Å². The molecule has 0 unspecified atom stereocenters. The molecule has 0 fully saturated rings. The number of hydrogen-bond donors (Lipinski definition) is 0. The first kappa shape index (κ1) is 17.4. The summed E-state index contributed by atoms with van der Waals surface area (Å²) < 4.78 is 1.70. The number of pyridine rings is 1. The predicted octanol–water partition coefficient (Wildman–Crippen LogP) is 3.49. The minimum absolute atomic E-state index is 0.0454. The maximum atomic E-state index is 10.8. The molecule has 1 aromatic carbocycles. The SMILES string of the molecule is C=CCN=c1scc(-c2ccc([N+](=O)[O-])cc2)n1N=Cc1ccccn1. The lowest BCUT2D eigenvalue weighted by Gasteiger charge is -2.03. The Balaban J connectivity index is 2.05. The van der Waals surface area contributed by atoms with E-state index < -0.39 is 4.92 Å². The molecule has 0 N–H and O–H groups in total. The van der Waals surface area contributed by atoms with Crippen LogP contribution in [0, 0.1) is 10.1 Å². The molecule has 8 heteroatoms. The van der Waals surface area contributed by atoms with Gasteiger partial charge < -0.3 is 0 Å². The number of nitrogens with zero attached hydrogens (tertiary/aromatic N) is 5. The molecule has 0 atom stereocenters. The first-order chi connectivity index (χ1) is 12.7. The zero-order valence-corrected chi connectivity index (χ0v) is 14.5. The molecule has 0 aliphatic rings. The van der Waals surface area contributed by atoms with Gasteiger partial charge in [-0.1, -0.05) is 12.1 Å². The van der Waals surface area contributed by atoms with Gasteiger partial charge in [0.2, 0.25) is 4.80 Å².